The van der Waals surface area contributed by atoms with Gasteiger partial charge in [0.05, 0.1) is 11.3 Å². The highest BCUT2D eigenvalue weighted by atomic mass is 19.4. The first kappa shape index (κ1) is 17.4. The first-order valence-electron chi connectivity index (χ1n) is 7.69. The molecule has 5 nitrogen and oxygen atoms in total. The van der Waals surface area contributed by atoms with Crippen LogP contribution in [0.25, 0.3) is 11.3 Å². The average Bonchev–Trinajstić information content (AvgIpc) is 2.54. The molecule has 1 aromatic heterocycles. The monoisotopic (exact) mass is 355 g/mol. The molecule has 0 spiro atoms. The summed E-state index contributed by atoms with van der Waals surface area (Å²) in [6, 6.07) is 3.96. The van der Waals surface area contributed by atoms with Crippen LogP contribution in [-0.2, 0) is 6.18 Å². The molecule has 134 valence electrons. The van der Waals surface area contributed by atoms with Crippen LogP contribution in [0, 0.1) is 5.82 Å². The maximum atomic E-state index is 13.3. The Labute approximate surface area is 142 Å². The van der Waals surface area contributed by atoms with E-state index in [0.717, 1.165) is 25.2 Å². The summed E-state index contributed by atoms with van der Waals surface area (Å²) < 4.78 is 53.1. The highest BCUT2D eigenvalue weighted by molar-refractivity contribution is 5.68. The number of halogens is 4. The minimum atomic E-state index is -4.70. The summed E-state index contributed by atoms with van der Waals surface area (Å²) in [5.74, 6) is -0.616. The van der Waals surface area contributed by atoms with E-state index < -0.39 is 17.6 Å². The smallest absolute Gasteiger partial charge is 0.368 e. The number of benzene rings is 1. The van der Waals surface area contributed by atoms with Crippen molar-refractivity contribution in [2.75, 3.05) is 43.9 Å². The molecule has 1 fully saturated rings. The van der Waals surface area contributed by atoms with Gasteiger partial charge in [0.25, 0.3) is 0 Å². The number of anilines is 2. The van der Waals surface area contributed by atoms with Crippen LogP contribution in [0.2, 0.25) is 0 Å². The minimum absolute atomic E-state index is 0.0220. The van der Waals surface area contributed by atoms with Crippen LogP contribution >= 0.6 is 0 Å². The van der Waals surface area contributed by atoms with Crippen LogP contribution in [0.3, 0.4) is 0 Å². The van der Waals surface area contributed by atoms with Crippen molar-refractivity contribution in [3.05, 3.63) is 35.6 Å². The first-order valence-corrected chi connectivity index (χ1v) is 7.69. The summed E-state index contributed by atoms with van der Waals surface area (Å²) in [6.07, 6.45) is -4.70. The number of rotatable bonds is 2. The van der Waals surface area contributed by atoms with Crippen LogP contribution in [0.5, 0.6) is 0 Å². The van der Waals surface area contributed by atoms with Crippen molar-refractivity contribution in [2.45, 2.75) is 6.18 Å². The Morgan fingerprint density at radius 1 is 1.04 bits per heavy atom. The summed E-state index contributed by atoms with van der Waals surface area (Å²) in [7, 11) is 1.99. The first-order chi connectivity index (χ1) is 11.7. The Morgan fingerprint density at radius 3 is 2.36 bits per heavy atom. The molecule has 9 heteroatoms. The molecule has 2 heterocycles. The third-order valence-corrected chi connectivity index (χ3v) is 4.12. The molecule has 0 unspecified atom stereocenters. The zero-order valence-electron chi connectivity index (χ0n) is 13.5. The number of aromatic nitrogens is 2. The lowest BCUT2D eigenvalue weighted by atomic mass is 10.0. The van der Waals surface area contributed by atoms with Crippen LogP contribution < -0.4 is 10.6 Å². The second kappa shape index (κ2) is 6.47. The number of nitrogens with zero attached hydrogens (tertiary/aromatic N) is 4. The predicted octanol–water partition coefficient (Wildman–Crippen LogP) is 2.64. The maximum Gasteiger partial charge on any atom is 0.417 e. The molecular formula is C16H17F4N5. The van der Waals surface area contributed by atoms with E-state index in [-0.39, 0.29) is 17.2 Å². The molecule has 0 saturated carbocycles. The van der Waals surface area contributed by atoms with Crippen LogP contribution in [0.15, 0.2) is 24.3 Å². The van der Waals surface area contributed by atoms with Crippen LogP contribution in [-0.4, -0.2) is 48.1 Å². The highest BCUT2D eigenvalue weighted by Gasteiger charge is 2.34. The molecule has 0 aliphatic carbocycles. The average molecular weight is 355 g/mol. The molecule has 0 bridgehead atoms. The molecule has 1 aliphatic rings. The third-order valence-electron chi connectivity index (χ3n) is 4.12. The van der Waals surface area contributed by atoms with Gasteiger partial charge in [0.15, 0.2) is 0 Å². The van der Waals surface area contributed by atoms with Gasteiger partial charge in [-0.3, -0.25) is 0 Å². The molecule has 0 amide bonds. The van der Waals surface area contributed by atoms with Gasteiger partial charge in [-0.05, 0) is 25.2 Å². The SMILES string of the molecule is CN1CCN(c2cc(-c3ccc(F)cc3C(F)(F)F)nc(N)n2)CC1. The van der Waals surface area contributed by atoms with Gasteiger partial charge in [-0.2, -0.15) is 18.2 Å². The van der Waals surface area contributed by atoms with Crippen molar-refractivity contribution >= 4 is 11.8 Å². The van der Waals surface area contributed by atoms with Crippen LogP contribution in [0.1, 0.15) is 5.56 Å². The van der Waals surface area contributed by atoms with E-state index in [4.69, 9.17) is 5.73 Å². The Morgan fingerprint density at radius 2 is 1.72 bits per heavy atom. The van der Waals surface area contributed by atoms with Gasteiger partial charge in [0.1, 0.15) is 11.6 Å². The predicted molar refractivity (Wildman–Crippen MR) is 86.6 cm³/mol. The normalized spacial score (nSPS) is 16.3. The van der Waals surface area contributed by atoms with Crippen molar-refractivity contribution in [3.8, 4) is 11.3 Å². The number of nitrogen functional groups attached to an aromatic ring is 1. The van der Waals surface area contributed by atoms with Gasteiger partial charge in [0.2, 0.25) is 5.95 Å². The van der Waals surface area contributed by atoms with Crippen molar-refractivity contribution in [1.82, 2.24) is 14.9 Å². The number of piperazine rings is 1. The summed E-state index contributed by atoms with van der Waals surface area (Å²) in [5.41, 5.74) is 4.42. The number of likely N-dealkylation sites (N-methyl/N-ethyl adjacent to an activating group) is 1. The number of hydrogen-bond donors (Lipinski definition) is 1. The Kier molecular flexibility index (Phi) is 4.51. The molecule has 1 aliphatic heterocycles. The van der Waals surface area contributed by atoms with E-state index in [1.54, 1.807) is 0 Å². The molecule has 3 rings (SSSR count). The summed E-state index contributed by atoms with van der Waals surface area (Å²) in [5, 5.41) is 0. The van der Waals surface area contributed by atoms with Gasteiger partial charge in [0, 0.05) is 37.8 Å². The Balaban J connectivity index is 2.04. The van der Waals surface area contributed by atoms with Crippen molar-refractivity contribution in [1.29, 1.82) is 0 Å². The zero-order valence-corrected chi connectivity index (χ0v) is 13.5. The molecular weight excluding hydrogens is 338 g/mol. The van der Waals surface area contributed by atoms with E-state index in [1.807, 2.05) is 11.9 Å². The summed E-state index contributed by atoms with van der Waals surface area (Å²) in [6.45, 7) is 2.98. The fourth-order valence-electron chi connectivity index (χ4n) is 2.76. The minimum Gasteiger partial charge on any atom is -0.368 e. The molecule has 1 saturated heterocycles. The fourth-order valence-corrected chi connectivity index (χ4v) is 2.76. The Hall–Kier alpha value is -2.42. The molecule has 25 heavy (non-hydrogen) atoms. The van der Waals surface area contributed by atoms with Gasteiger partial charge in [-0.25, -0.2) is 9.37 Å². The highest BCUT2D eigenvalue weighted by Crippen LogP contribution is 2.37. The van der Waals surface area contributed by atoms with Crippen LogP contribution in [0.4, 0.5) is 29.3 Å². The largest absolute Gasteiger partial charge is 0.417 e. The van der Waals surface area contributed by atoms with E-state index in [0.29, 0.717) is 25.0 Å². The standard InChI is InChI=1S/C16H17F4N5/c1-24-4-6-25(7-5-24)14-9-13(22-15(21)23-14)11-3-2-10(17)8-12(11)16(18,19)20/h2-3,8-9H,4-7H2,1H3,(H2,21,22,23). The number of hydrogen-bond acceptors (Lipinski definition) is 5. The summed E-state index contributed by atoms with van der Waals surface area (Å²) >= 11 is 0. The molecule has 0 radical (unpaired) electrons. The van der Waals surface area contributed by atoms with E-state index in [9.17, 15) is 17.6 Å². The molecule has 1 aromatic carbocycles. The lowest BCUT2D eigenvalue weighted by molar-refractivity contribution is -0.137. The second-order valence-corrected chi connectivity index (χ2v) is 5.95. The molecule has 0 atom stereocenters. The lowest BCUT2D eigenvalue weighted by Gasteiger charge is -2.33. The van der Waals surface area contributed by atoms with Gasteiger partial charge >= 0.3 is 6.18 Å². The summed E-state index contributed by atoms with van der Waals surface area (Å²) in [4.78, 5) is 12.1. The van der Waals surface area contributed by atoms with Gasteiger partial charge in [-0.1, -0.05) is 0 Å². The fraction of sp³-hybridized carbons (Fsp3) is 0.375. The van der Waals surface area contributed by atoms with Crippen molar-refractivity contribution in [2.24, 2.45) is 0 Å². The van der Waals surface area contributed by atoms with Gasteiger partial charge < -0.3 is 15.5 Å². The van der Waals surface area contributed by atoms with E-state index in [2.05, 4.69) is 14.9 Å². The topological polar surface area (TPSA) is 58.3 Å². The third kappa shape index (κ3) is 3.81. The lowest BCUT2D eigenvalue weighted by Crippen LogP contribution is -2.44. The van der Waals surface area contributed by atoms with Gasteiger partial charge in [-0.15, -0.1) is 0 Å². The maximum absolute atomic E-state index is 13.3. The second-order valence-electron chi connectivity index (χ2n) is 5.95. The van der Waals surface area contributed by atoms with E-state index in [1.165, 1.54) is 6.07 Å². The number of alkyl halides is 3. The van der Waals surface area contributed by atoms with Crippen molar-refractivity contribution in [3.63, 3.8) is 0 Å². The quantitative estimate of drug-likeness (QED) is 0.840. The molecule has 2 N–H and O–H groups in total. The zero-order chi connectivity index (χ0) is 18.2. The molecule has 2 aromatic rings. The van der Waals surface area contributed by atoms with Crippen molar-refractivity contribution < 1.29 is 17.6 Å². The van der Waals surface area contributed by atoms with E-state index >= 15 is 0 Å². The Bertz CT molecular complexity index is 770. The number of nitrogens with two attached hydrogens (primary N) is 1.